The highest BCUT2D eigenvalue weighted by Crippen LogP contribution is 2.33. The quantitative estimate of drug-likeness (QED) is 0.541. The highest BCUT2D eigenvalue weighted by atomic mass is 15.1. The van der Waals surface area contributed by atoms with Crippen LogP contribution in [-0.4, -0.2) is 40.9 Å². The molecule has 0 bridgehead atoms. The van der Waals surface area contributed by atoms with Crippen LogP contribution in [0.3, 0.4) is 0 Å². The molecule has 0 spiro atoms. The molecule has 166 valence electrons. The fourth-order valence-corrected chi connectivity index (χ4v) is 5.05. The van der Waals surface area contributed by atoms with Crippen molar-refractivity contribution in [2.45, 2.75) is 26.8 Å². The van der Waals surface area contributed by atoms with Crippen molar-refractivity contribution in [2.24, 2.45) is 21.8 Å². The van der Waals surface area contributed by atoms with Crippen molar-refractivity contribution in [2.75, 3.05) is 19.6 Å². The third kappa shape index (κ3) is 4.27. The molecular formula is C28H29N5. The number of fused-ring (bicyclic) bond motifs is 1. The summed E-state index contributed by atoms with van der Waals surface area (Å²) < 4.78 is 0. The summed E-state index contributed by atoms with van der Waals surface area (Å²) in [5.41, 5.74) is 7.91. The zero-order valence-electron chi connectivity index (χ0n) is 19.3. The maximum Gasteiger partial charge on any atom is 0.105 e. The minimum atomic E-state index is -0.289. The predicted molar refractivity (Wildman–Crippen MR) is 135 cm³/mol. The first-order valence-electron chi connectivity index (χ1n) is 11.6. The first kappa shape index (κ1) is 21.4. The van der Waals surface area contributed by atoms with Gasteiger partial charge in [0.1, 0.15) is 5.92 Å². The molecule has 2 unspecified atom stereocenters. The summed E-state index contributed by atoms with van der Waals surface area (Å²) in [6.45, 7) is 7.57. The van der Waals surface area contributed by atoms with E-state index in [0.29, 0.717) is 6.54 Å². The molecule has 0 amide bonds. The molecule has 0 fully saturated rings. The summed E-state index contributed by atoms with van der Waals surface area (Å²) in [5.74, 6) is -0.271. The van der Waals surface area contributed by atoms with Gasteiger partial charge in [0.15, 0.2) is 0 Å². The molecule has 0 saturated carbocycles. The molecule has 0 aliphatic carbocycles. The Kier molecular flexibility index (Phi) is 5.93. The first-order valence-corrected chi connectivity index (χ1v) is 11.6. The molecule has 3 aromatic rings. The molecule has 1 aromatic heterocycles. The topological polar surface area (TPSA) is 67.5 Å². The van der Waals surface area contributed by atoms with Crippen LogP contribution in [0.4, 0.5) is 5.69 Å². The number of H-pyrrole nitrogens is 1. The summed E-state index contributed by atoms with van der Waals surface area (Å²) >= 11 is 0. The number of aryl methyl sites for hydroxylation is 1. The normalized spacial score (nSPS) is 22.8. The Hall–Kier alpha value is -3.49. The molecule has 0 saturated heterocycles. The van der Waals surface area contributed by atoms with Crippen molar-refractivity contribution >= 4 is 28.0 Å². The van der Waals surface area contributed by atoms with Crippen molar-refractivity contribution in [3.63, 3.8) is 0 Å². The van der Waals surface area contributed by atoms with E-state index < -0.39 is 0 Å². The van der Waals surface area contributed by atoms with Crippen LogP contribution in [0, 0.1) is 30.1 Å². The molecule has 1 N–H and O–H groups in total. The number of benzene rings is 2. The molecule has 2 atom stereocenters. The summed E-state index contributed by atoms with van der Waals surface area (Å²) in [7, 11) is 0. The van der Waals surface area contributed by atoms with E-state index in [4.69, 9.17) is 9.98 Å². The van der Waals surface area contributed by atoms with Gasteiger partial charge in [0.05, 0.1) is 29.9 Å². The lowest BCUT2D eigenvalue weighted by Crippen LogP contribution is -2.38. The Morgan fingerprint density at radius 3 is 2.76 bits per heavy atom. The van der Waals surface area contributed by atoms with Crippen LogP contribution >= 0.6 is 0 Å². The van der Waals surface area contributed by atoms with Gasteiger partial charge in [0, 0.05) is 42.4 Å². The zero-order chi connectivity index (χ0) is 22.8. The number of nitrogens with zero attached hydrogens (tertiary/aromatic N) is 4. The number of hydrogen-bond donors (Lipinski definition) is 1. The summed E-state index contributed by atoms with van der Waals surface area (Å²) in [6, 6.07) is 19.3. The minimum Gasteiger partial charge on any atom is -0.361 e. The van der Waals surface area contributed by atoms with Crippen LogP contribution in [0.2, 0.25) is 0 Å². The summed E-state index contributed by atoms with van der Waals surface area (Å²) in [6.07, 6.45) is 5.27. The first-order chi connectivity index (χ1) is 16.1. The van der Waals surface area contributed by atoms with E-state index >= 15 is 0 Å². The summed E-state index contributed by atoms with van der Waals surface area (Å²) in [4.78, 5) is 15.6. The molecule has 33 heavy (non-hydrogen) atoms. The summed E-state index contributed by atoms with van der Waals surface area (Å²) in [5, 5.41) is 11.1. The van der Waals surface area contributed by atoms with E-state index in [2.05, 4.69) is 84.4 Å². The molecule has 0 radical (unpaired) electrons. The van der Waals surface area contributed by atoms with E-state index in [1.54, 1.807) is 0 Å². The van der Waals surface area contributed by atoms with Crippen LogP contribution in [-0.2, 0) is 6.54 Å². The number of hydrogen-bond acceptors (Lipinski definition) is 4. The lowest BCUT2D eigenvalue weighted by atomic mass is 9.79. The van der Waals surface area contributed by atoms with Crippen molar-refractivity contribution in [3.8, 4) is 6.07 Å². The molecule has 5 heteroatoms. The van der Waals surface area contributed by atoms with Gasteiger partial charge in [-0.1, -0.05) is 42.0 Å². The molecule has 3 heterocycles. The van der Waals surface area contributed by atoms with Gasteiger partial charge in [-0.15, -0.1) is 0 Å². The van der Waals surface area contributed by atoms with Gasteiger partial charge in [-0.2, -0.15) is 5.26 Å². The van der Waals surface area contributed by atoms with Gasteiger partial charge in [-0.3, -0.25) is 14.9 Å². The number of aromatic nitrogens is 1. The lowest BCUT2D eigenvalue weighted by Gasteiger charge is -2.33. The number of nitriles is 1. The Morgan fingerprint density at radius 1 is 1.15 bits per heavy atom. The van der Waals surface area contributed by atoms with E-state index in [1.165, 1.54) is 16.5 Å². The fourth-order valence-electron chi connectivity index (χ4n) is 5.05. The second kappa shape index (κ2) is 9.17. The Balaban J connectivity index is 1.46. The predicted octanol–water partition coefficient (Wildman–Crippen LogP) is 5.61. The lowest BCUT2D eigenvalue weighted by molar-refractivity contribution is 0.284. The maximum absolute atomic E-state index is 9.92. The third-order valence-electron chi connectivity index (χ3n) is 6.92. The fraction of sp³-hybridized carbons (Fsp3) is 0.321. The Labute approximate surface area is 195 Å². The molecule has 2 aliphatic heterocycles. The van der Waals surface area contributed by atoms with Crippen molar-refractivity contribution in [1.29, 1.82) is 5.26 Å². The third-order valence-corrected chi connectivity index (χ3v) is 6.92. The standard InChI is InChI=1S/C28H29N5/c1-19-24-10-13-30-26(24)9-8-25(19)32-28-23(16-29)17-31-20(2)27(28)22-11-14-33(15-12-22)18-21-6-4-3-5-7-21/h3-11,13,23,27,30H,12,14-15,17-18H2,1-2H3. The van der Waals surface area contributed by atoms with Gasteiger partial charge in [0.25, 0.3) is 0 Å². The van der Waals surface area contributed by atoms with Crippen LogP contribution in [0.1, 0.15) is 24.5 Å². The van der Waals surface area contributed by atoms with Crippen molar-refractivity contribution < 1.29 is 0 Å². The van der Waals surface area contributed by atoms with Crippen LogP contribution in [0.15, 0.2) is 76.4 Å². The van der Waals surface area contributed by atoms with Gasteiger partial charge >= 0.3 is 0 Å². The van der Waals surface area contributed by atoms with Crippen molar-refractivity contribution in [3.05, 3.63) is 77.5 Å². The highest BCUT2D eigenvalue weighted by molar-refractivity contribution is 6.13. The molecule has 5 nitrogen and oxygen atoms in total. The largest absolute Gasteiger partial charge is 0.361 e. The minimum absolute atomic E-state index is 0.0172. The van der Waals surface area contributed by atoms with Crippen molar-refractivity contribution in [1.82, 2.24) is 9.88 Å². The Bertz CT molecular complexity index is 1290. The second-order valence-electron chi connectivity index (χ2n) is 9.03. The average molecular weight is 436 g/mol. The monoisotopic (exact) mass is 435 g/mol. The van der Waals surface area contributed by atoms with E-state index in [1.807, 2.05) is 6.20 Å². The van der Waals surface area contributed by atoms with Crippen LogP contribution < -0.4 is 0 Å². The maximum atomic E-state index is 9.92. The van der Waals surface area contributed by atoms with Gasteiger partial charge in [-0.25, -0.2) is 0 Å². The number of rotatable bonds is 4. The number of nitrogens with one attached hydrogen (secondary N) is 1. The molecule has 2 aliphatic rings. The molecule has 5 rings (SSSR count). The average Bonchev–Trinajstić information content (AvgIpc) is 3.32. The number of aliphatic imine (C=N–C) groups is 2. The smallest absolute Gasteiger partial charge is 0.105 e. The zero-order valence-corrected chi connectivity index (χ0v) is 19.3. The van der Waals surface area contributed by atoms with E-state index in [-0.39, 0.29) is 11.8 Å². The van der Waals surface area contributed by atoms with Crippen LogP contribution in [0.25, 0.3) is 10.9 Å². The second-order valence-corrected chi connectivity index (χ2v) is 9.03. The van der Waals surface area contributed by atoms with Gasteiger partial charge in [0.2, 0.25) is 0 Å². The van der Waals surface area contributed by atoms with E-state index in [9.17, 15) is 5.26 Å². The highest BCUT2D eigenvalue weighted by Gasteiger charge is 2.34. The molecular weight excluding hydrogens is 406 g/mol. The molecule has 2 aromatic carbocycles. The number of aromatic amines is 1. The van der Waals surface area contributed by atoms with Gasteiger partial charge < -0.3 is 4.98 Å². The Morgan fingerprint density at radius 2 is 2.00 bits per heavy atom. The SMILES string of the molecule is CC1=NCC(C#N)C(=Nc2ccc3[nH]ccc3c2C)C1C1=CCN(Cc2ccccc2)CC1. The van der Waals surface area contributed by atoms with Crippen LogP contribution in [0.5, 0.6) is 0 Å². The van der Waals surface area contributed by atoms with E-state index in [0.717, 1.165) is 54.2 Å². The van der Waals surface area contributed by atoms with Gasteiger partial charge in [-0.05, 0) is 49.6 Å².